The van der Waals surface area contributed by atoms with E-state index in [1.165, 1.54) is 6.07 Å². The van der Waals surface area contributed by atoms with Crippen LogP contribution in [0.2, 0.25) is 0 Å². The molecule has 0 aliphatic carbocycles. The minimum Gasteiger partial charge on any atom is -0.394 e. The normalized spacial score (nSPS) is 12.2. The molecule has 0 saturated carbocycles. The van der Waals surface area contributed by atoms with Crippen molar-refractivity contribution in [3.63, 3.8) is 0 Å². The Hall–Kier alpha value is -1.07. The number of aliphatic hydroxyl groups is 1. The fourth-order valence-corrected chi connectivity index (χ4v) is 2.00. The summed E-state index contributed by atoms with van der Waals surface area (Å²) in [6.45, 7) is 1.80. The van der Waals surface area contributed by atoms with Crippen molar-refractivity contribution in [3.8, 4) is 0 Å². The van der Waals surface area contributed by atoms with Crippen molar-refractivity contribution in [2.24, 2.45) is 0 Å². The Morgan fingerprint density at radius 3 is 2.82 bits per heavy atom. The highest BCUT2D eigenvalue weighted by Gasteiger charge is 2.10. The third kappa shape index (κ3) is 4.75. The van der Waals surface area contributed by atoms with Gasteiger partial charge in [-0.15, -0.1) is 11.8 Å². The molecule has 0 spiro atoms. The molecule has 94 valence electrons. The molecule has 0 aliphatic heterocycles. The van der Waals surface area contributed by atoms with Crippen LogP contribution in [0.1, 0.15) is 13.3 Å². The zero-order valence-electron chi connectivity index (χ0n) is 9.65. The molecule has 1 atom stereocenters. The third-order valence-corrected chi connectivity index (χ3v) is 3.32. The van der Waals surface area contributed by atoms with Crippen LogP contribution in [0.15, 0.2) is 29.2 Å². The quantitative estimate of drug-likeness (QED) is 0.764. The Morgan fingerprint density at radius 1 is 1.53 bits per heavy atom. The van der Waals surface area contributed by atoms with Crippen LogP contribution in [-0.2, 0) is 4.79 Å². The van der Waals surface area contributed by atoms with E-state index in [9.17, 15) is 9.18 Å². The summed E-state index contributed by atoms with van der Waals surface area (Å²) in [5, 5.41) is 11.6. The molecule has 17 heavy (non-hydrogen) atoms. The second-order valence-electron chi connectivity index (χ2n) is 3.57. The lowest BCUT2D eigenvalue weighted by molar-refractivity contribution is -0.119. The van der Waals surface area contributed by atoms with E-state index in [1.54, 1.807) is 18.2 Å². The average molecular weight is 257 g/mol. The summed E-state index contributed by atoms with van der Waals surface area (Å²) in [6, 6.07) is 6.12. The molecule has 1 amide bonds. The molecule has 3 nitrogen and oxygen atoms in total. The second-order valence-corrected chi connectivity index (χ2v) is 4.59. The SMILES string of the molecule is CCC(CO)NC(=O)CSc1ccccc1F. The van der Waals surface area contributed by atoms with Crippen molar-refractivity contribution in [1.82, 2.24) is 5.32 Å². The molecule has 0 fully saturated rings. The van der Waals surface area contributed by atoms with Crippen molar-refractivity contribution >= 4 is 17.7 Å². The van der Waals surface area contributed by atoms with Gasteiger partial charge >= 0.3 is 0 Å². The van der Waals surface area contributed by atoms with Gasteiger partial charge < -0.3 is 10.4 Å². The van der Waals surface area contributed by atoms with Gasteiger partial charge in [-0.3, -0.25) is 4.79 Å². The van der Waals surface area contributed by atoms with Crippen LogP contribution in [0.25, 0.3) is 0 Å². The number of nitrogens with one attached hydrogen (secondary N) is 1. The number of carbonyl (C=O) groups excluding carboxylic acids is 1. The molecule has 1 aromatic carbocycles. The van der Waals surface area contributed by atoms with Gasteiger partial charge in [-0.1, -0.05) is 19.1 Å². The van der Waals surface area contributed by atoms with Crippen molar-refractivity contribution in [2.45, 2.75) is 24.3 Å². The number of halogens is 1. The first-order valence-electron chi connectivity index (χ1n) is 5.45. The van der Waals surface area contributed by atoms with E-state index in [0.29, 0.717) is 11.3 Å². The molecule has 0 heterocycles. The molecule has 0 aromatic heterocycles. The lowest BCUT2D eigenvalue weighted by atomic mass is 10.2. The van der Waals surface area contributed by atoms with Gasteiger partial charge in [0, 0.05) is 4.90 Å². The van der Waals surface area contributed by atoms with Gasteiger partial charge in [0.1, 0.15) is 5.82 Å². The van der Waals surface area contributed by atoms with Gasteiger partial charge in [0.05, 0.1) is 18.4 Å². The molecule has 0 bridgehead atoms. The minimum absolute atomic E-state index is 0.0768. The minimum atomic E-state index is -0.320. The molecule has 0 saturated heterocycles. The first-order valence-corrected chi connectivity index (χ1v) is 6.43. The first-order chi connectivity index (χ1) is 8.17. The number of thioether (sulfide) groups is 1. The lowest BCUT2D eigenvalue weighted by Gasteiger charge is -2.13. The number of hydrogen-bond acceptors (Lipinski definition) is 3. The zero-order chi connectivity index (χ0) is 12.7. The van der Waals surface area contributed by atoms with Crippen LogP contribution in [0.4, 0.5) is 4.39 Å². The van der Waals surface area contributed by atoms with Crippen molar-refractivity contribution < 1.29 is 14.3 Å². The largest absolute Gasteiger partial charge is 0.394 e. The number of aliphatic hydroxyl groups excluding tert-OH is 1. The first kappa shape index (κ1) is 14.0. The predicted molar refractivity (Wildman–Crippen MR) is 66.4 cm³/mol. The van der Waals surface area contributed by atoms with Gasteiger partial charge in [0.15, 0.2) is 0 Å². The van der Waals surface area contributed by atoms with E-state index in [1.807, 2.05) is 6.92 Å². The molecule has 1 aromatic rings. The van der Waals surface area contributed by atoms with Crippen LogP contribution in [-0.4, -0.2) is 29.4 Å². The zero-order valence-corrected chi connectivity index (χ0v) is 10.5. The summed E-state index contributed by atoms with van der Waals surface area (Å²) >= 11 is 1.15. The molecule has 1 unspecified atom stereocenters. The van der Waals surface area contributed by atoms with Crippen molar-refractivity contribution in [2.75, 3.05) is 12.4 Å². The Bertz CT molecular complexity index is 369. The summed E-state index contributed by atoms with van der Waals surface area (Å²) < 4.78 is 13.2. The van der Waals surface area contributed by atoms with Gasteiger partial charge in [0.2, 0.25) is 5.91 Å². The standard InChI is InChI=1S/C12H16FNO2S/c1-2-9(7-15)14-12(16)8-17-11-6-4-3-5-10(11)13/h3-6,9,15H,2,7-8H2,1H3,(H,14,16). The highest BCUT2D eigenvalue weighted by atomic mass is 32.2. The monoisotopic (exact) mass is 257 g/mol. The number of carbonyl (C=O) groups is 1. The maximum Gasteiger partial charge on any atom is 0.230 e. The fourth-order valence-electron chi connectivity index (χ4n) is 1.25. The molecule has 5 heteroatoms. The topological polar surface area (TPSA) is 49.3 Å². The summed E-state index contributed by atoms with van der Waals surface area (Å²) in [7, 11) is 0. The third-order valence-electron chi connectivity index (χ3n) is 2.27. The summed E-state index contributed by atoms with van der Waals surface area (Å²) in [5.41, 5.74) is 0. The Balaban J connectivity index is 2.41. The van der Waals surface area contributed by atoms with Crippen LogP contribution in [0, 0.1) is 5.82 Å². The smallest absolute Gasteiger partial charge is 0.230 e. The number of hydrogen-bond donors (Lipinski definition) is 2. The van der Waals surface area contributed by atoms with Gasteiger partial charge in [-0.2, -0.15) is 0 Å². The van der Waals surface area contributed by atoms with E-state index in [0.717, 1.165) is 11.8 Å². The molecular formula is C12H16FNO2S. The van der Waals surface area contributed by atoms with Crippen LogP contribution in [0.3, 0.4) is 0 Å². The second kappa shape index (κ2) is 7.29. The maximum atomic E-state index is 13.2. The summed E-state index contributed by atoms with van der Waals surface area (Å²) in [5.74, 6) is -0.365. The van der Waals surface area contributed by atoms with Crippen molar-refractivity contribution in [1.29, 1.82) is 0 Å². The van der Waals surface area contributed by atoms with Gasteiger partial charge in [0.25, 0.3) is 0 Å². The Labute approximate surface area is 104 Å². The Kier molecular flexibility index (Phi) is 6.00. The van der Waals surface area contributed by atoms with E-state index in [2.05, 4.69) is 5.32 Å². The predicted octanol–water partition coefficient (Wildman–Crippen LogP) is 1.80. The Morgan fingerprint density at radius 2 is 2.24 bits per heavy atom. The van der Waals surface area contributed by atoms with Gasteiger partial charge in [-0.25, -0.2) is 4.39 Å². The van der Waals surface area contributed by atoms with E-state index in [-0.39, 0.29) is 30.1 Å². The lowest BCUT2D eigenvalue weighted by Crippen LogP contribution is -2.37. The molecular weight excluding hydrogens is 241 g/mol. The van der Waals surface area contributed by atoms with E-state index < -0.39 is 0 Å². The molecule has 0 aliphatic rings. The fraction of sp³-hybridized carbons (Fsp3) is 0.417. The van der Waals surface area contributed by atoms with Crippen molar-refractivity contribution in [3.05, 3.63) is 30.1 Å². The van der Waals surface area contributed by atoms with E-state index in [4.69, 9.17) is 5.11 Å². The molecule has 2 N–H and O–H groups in total. The highest BCUT2D eigenvalue weighted by molar-refractivity contribution is 8.00. The van der Waals surface area contributed by atoms with Crippen LogP contribution >= 0.6 is 11.8 Å². The van der Waals surface area contributed by atoms with E-state index >= 15 is 0 Å². The molecule has 0 radical (unpaired) electrons. The van der Waals surface area contributed by atoms with Gasteiger partial charge in [-0.05, 0) is 18.6 Å². The average Bonchev–Trinajstić information content (AvgIpc) is 2.35. The molecule has 1 rings (SSSR count). The van der Waals surface area contributed by atoms with Crippen LogP contribution < -0.4 is 5.32 Å². The number of rotatable bonds is 6. The summed E-state index contributed by atoms with van der Waals surface area (Å²) in [6.07, 6.45) is 0.673. The summed E-state index contributed by atoms with van der Waals surface area (Å²) in [4.78, 5) is 11.9. The highest BCUT2D eigenvalue weighted by Crippen LogP contribution is 2.20. The maximum absolute atomic E-state index is 13.2. The number of benzene rings is 1. The van der Waals surface area contributed by atoms with Crippen LogP contribution in [0.5, 0.6) is 0 Å². The number of amides is 1.